The molecule has 62 valence electrons. The van der Waals surface area contributed by atoms with E-state index in [4.69, 9.17) is 11.6 Å². The Hall–Kier alpha value is -1.28. The third-order valence-electron chi connectivity index (χ3n) is 1.42. The van der Waals surface area contributed by atoms with Crippen molar-refractivity contribution in [2.75, 3.05) is 0 Å². The molecule has 0 saturated heterocycles. The summed E-state index contributed by atoms with van der Waals surface area (Å²) in [6.45, 7) is 3.34. The van der Waals surface area contributed by atoms with Crippen LogP contribution in [0.1, 0.15) is 5.56 Å². The summed E-state index contributed by atoms with van der Waals surface area (Å²) in [4.78, 5) is 10.4. The second kappa shape index (κ2) is 3.41. The average molecular weight is 182 g/mol. The second-order valence-corrected chi connectivity index (χ2v) is 2.71. The topological polar surface area (TPSA) is 40.1 Å². The number of rotatable bonds is 2. The molecule has 0 unspecified atom stereocenters. The summed E-state index contributed by atoms with van der Waals surface area (Å²) in [6.07, 6.45) is 0. The summed E-state index contributed by atoms with van der Waals surface area (Å²) in [6, 6.07) is 6.46. The molecule has 2 nitrogen and oxygen atoms in total. The molecule has 0 aliphatic heterocycles. The van der Waals surface area contributed by atoms with E-state index < -0.39 is 5.97 Å². The van der Waals surface area contributed by atoms with Crippen molar-refractivity contribution in [3.63, 3.8) is 0 Å². The fraction of sp³-hybridized carbons (Fsp3) is 0. The first kappa shape index (κ1) is 8.81. The lowest BCUT2D eigenvalue weighted by Gasteiger charge is -2.05. The summed E-state index contributed by atoms with van der Waals surface area (Å²) in [5, 5.41) is 10.8. The van der Waals surface area contributed by atoms with Gasteiger partial charge in [-0.25, -0.2) is 0 Å². The minimum atomic E-state index is -1.28. The molecule has 1 aromatic rings. The monoisotopic (exact) mass is 181 g/mol. The van der Waals surface area contributed by atoms with Gasteiger partial charge in [0.2, 0.25) is 0 Å². The summed E-state index contributed by atoms with van der Waals surface area (Å²) < 4.78 is 0. The van der Waals surface area contributed by atoms with Crippen molar-refractivity contribution in [2.24, 2.45) is 0 Å². The Morgan fingerprint density at radius 3 is 2.67 bits per heavy atom. The van der Waals surface area contributed by atoms with E-state index in [0.717, 1.165) is 0 Å². The van der Waals surface area contributed by atoms with Gasteiger partial charge in [-0.1, -0.05) is 30.3 Å². The molecule has 0 N–H and O–H groups in total. The van der Waals surface area contributed by atoms with Crippen LogP contribution in [-0.2, 0) is 4.79 Å². The number of carboxylic acids is 1. The maximum absolute atomic E-state index is 10.4. The Kier molecular flexibility index (Phi) is 2.51. The Balaban J connectivity index is 3.04. The van der Waals surface area contributed by atoms with Crippen molar-refractivity contribution in [3.8, 4) is 0 Å². The van der Waals surface area contributed by atoms with E-state index in [1.54, 1.807) is 18.2 Å². The highest BCUT2D eigenvalue weighted by Crippen LogP contribution is 2.16. The Morgan fingerprint density at radius 2 is 2.17 bits per heavy atom. The predicted octanol–water partition coefficient (Wildman–Crippen LogP) is 1.10. The molecule has 0 amide bonds. The zero-order chi connectivity index (χ0) is 9.14. The number of halogens is 1. The number of carboxylic acid groups (broad SMARTS) is 1. The fourth-order valence-corrected chi connectivity index (χ4v) is 0.984. The van der Waals surface area contributed by atoms with Gasteiger partial charge in [0, 0.05) is 5.02 Å². The Morgan fingerprint density at radius 1 is 1.50 bits per heavy atom. The molecule has 0 atom stereocenters. The van der Waals surface area contributed by atoms with Crippen molar-refractivity contribution < 1.29 is 9.90 Å². The predicted molar refractivity (Wildman–Crippen MR) is 45.5 cm³/mol. The van der Waals surface area contributed by atoms with E-state index in [2.05, 4.69) is 6.58 Å². The maximum Gasteiger partial charge on any atom is 0.0715 e. The van der Waals surface area contributed by atoms with Crippen LogP contribution >= 0.6 is 11.6 Å². The number of carbonyl (C=O) groups is 1. The lowest BCUT2D eigenvalue weighted by atomic mass is 10.1. The van der Waals surface area contributed by atoms with Gasteiger partial charge in [-0.05, 0) is 23.3 Å². The lowest BCUT2D eigenvalue weighted by Crippen LogP contribution is -2.22. The van der Waals surface area contributed by atoms with Crippen LogP contribution in [0.4, 0.5) is 0 Å². The van der Waals surface area contributed by atoms with Gasteiger partial charge in [0.05, 0.1) is 5.97 Å². The molecule has 0 bridgehead atoms. The van der Waals surface area contributed by atoms with E-state index >= 15 is 0 Å². The minimum absolute atomic E-state index is 0.0579. The van der Waals surface area contributed by atoms with Gasteiger partial charge in [-0.2, -0.15) is 0 Å². The number of carbonyl (C=O) groups excluding carboxylic acids is 1. The van der Waals surface area contributed by atoms with Crippen LogP contribution in [0.3, 0.4) is 0 Å². The largest absolute Gasteiger partial charge is 0.545 e. The smallest absolute Gasteiger partial charge is 0.0715 e. The van der Waals surface area contributed by atoms with Gasteiger partial charge in [-0.3, -0.25) is 0 Å². The van der Waals surface area contributed by atoms with E-state index in [9.17, 15) is 9.90 Å². The average Bonchev–Trinajstić information content (AvgIpc) is 2.03. The van der Waals surface area contributed by atoms with E-state index in [1.807, 2.05) is 0 Å². The SMILES string of the molecule is C=C(C(=O)[O-])c1cccc(Cl)c1. The van der Waals surface area contributed by atoms with E-state index in [0.29, 0.717) is 10.6 Å². The molecule has 0 aromatic heterocycles. The second-order valence-electron chi connectivity index (χ2n) is 2.28. The van der Waals surface area contributed by atoms with Gasteiger partial charge in [0.25, 0.3) is 0 Å². The first-order chi connectivity index (χ1) is 5.61. The first-order valence-electron chi connectivity index (χ1n) is 3.27. The zero-order valence-electron chi connectivity index (χ0n) is 6.21. The van der Waals surface area contributed by atoms with Crippen LogP contribution in [-0.4, -0.2) is 5.97 Å². The number of hydrogen-bond donors (Lipinski definition) is 0. The molecule has 0 radical (unpaired) electrons. The molecule has 3 heteroatoms. The van der Waals surface area contributed by atoms with Crippen molar-refractivity contribution in [1.29, 1.82) is 0 Å². The zero-order valence-corrected chi connectivity index (χ0v) is 6.97. The van der Waals surface area contributed by atoms with Crippen molar-refractivity contribution in [1.82, 2.24) is 0 Å². The van der Waals surface area contributed by atoms with Crippen LogP contribution in [0.2, 0.25) is 5.02 Å². The molecule has 0 aliphatic carbocycles. The van der Waals surface area contributed by atoms with Crippen LogP contribution in [0.5, 0.6) is 0 Å². The van der Waals surface area contributed by atoms with Crippen molar-refractivity contribution in [2.45, 2.75) is 0 Å². The molecule has 1 aromatic carbocycles. The summed E-state index contributed by atoms with van der Waals surface area (Å²) in [7, 11) is 0. The van der Waals surface area contributed by atoms with Crippen LogP contribution < -0.4 is 5.11 Å². The highest BCUT2D eigenvalue weighted by molar-refractivity contribution is 6.31. The van der Waals surface area contributed by atoms with Crippen molar-refractivity contribution >= 4 is 23.1 Å². The van der Waals surface area contributed by atoms with Crippen LogP contribution in [0, 0.1) is 0 Å². The van der Waals surface area contributed by atoms with Crippen LogP contribution in [0.15, 0.2) is 30.8 Å². The van der Waals surface area contributed by atoms with Gasteiger partial charge in [0.1, 0.15) is 0 Å². The molecular formula is C9H6ClO2-. The number of aliphatic carboxylic acids is 1. The fourth-order valence-electron chi connectivity index (χ4n) is 0.794. The molecule has 0 heterocycles. The highest BCUT2D eigenvalue weighted by Gasteiger charge is 1.99. The summed E-state index contributed by atoms with van der Waals surface area (Å²) in [5.74, 6) is -1.28. The van der Waals surface area contributed by atoms with Gasteiger partial charge in [-0.15, -0.1) is 0 Å². The van der Waals surface area contributed by atoms with Crippen molar-refractivity contribution in [3.05, 3.63) is 41.4 Å². The van der Waals surface area contributed by atoms with E-state index in [-0.39, 0.29) is 5.57 Å². The van der Waals surface area contributed by atoms with Gasteiger partial charge < -0.3 is 9.90 Å². The molecule has 12 heavy (non-hydrogen) atoms. The molecular weight excluding hydrogens is 176 g/mol. The molecule has 1 rings (SSSR count). The molecule has 0 spiro atoms. The third kappa shape index (κ3) is 1.86. The Bertz CT molecular complexity index is 331. The third-order valence-corrected chi connectivity index (χ3v) is 1.65. The number of hydrogen-bond acceptors (Lipinski definition) is 2. The van der Waals surface area contributed by atoms with Gasteiger partial charge >= 0.3 is 0 Å². The summed E-state index contributed by atoms with van der Waals surface area (Å²) in [5.41, 5.74) is 0.417. The number of benzene rings is 1. The van der Waals surface area contributed by atoms with E-state index in [1.165, 1.54) is 6.07 Å². The minimum Gasteiger partial charge on any atom is -0.545 e. The normalized spacial score (nSPS) is 9.42. The lowest BCUT2D eigenvalue weighted by molar-refractivity contribution is -0.295. The highest BCUT2D eigenvalue weighted by atomic mass is 35.5. The Labute approximate surface area is 75.1 Å². The molecule has 0 saturated carbocycles. The summed E-state index contributed by atoms with van der Waals surface area (Å²) >= 11 is 5.64. The molecule has 0 fully saturated rings. The molecule has 0 aliphatic rings. The van der Waals surface area contributed by atoms with Gasteiger partial charge in [0.15, 0.2) is 0 Å². The van der Waals surface area contributed by atoms with Crippen LogP contribution in [0.25, 0.3) is 5.57 Å². The standard InChI is InChI=1S/C9H7ClO2/c1-6(9(11)12)7-3-2-4-8(10)5-7/h2-5H,1H2,(H,11,12)/p-1. The first-order valence-corrected chi connectivity index (χ1v) is 3.65. The maximum atomic E-state index is 10.4. The quantitative estimate of drug-likeness (QED) is 0.642.